The minimum absolute atomic E-state index is 0.0352. The lowest BCUT2D eigenvalue weighted by molar-refractivity contribution is -0.135. The Kier molecular flexibility index (Phi) is 6.46. The molecule has 6 nitrogen and oxygen atoms in total. The van der Waals surface area contributed by atoms with Gasteiger partial charge in [0.1, 0.15) is 12.1 Å². The van der Waals surface area contributed by atoms with Gasteiger partial charge in [-0.25, -0.2) is 4.98 Å². The number of carbonyl (C=O) groups excluding carboxylic acids is 2. The summed E-state index contributed by atoms with van der Waals surface area (Å²) >= 11 is 0. The molecule has 0 atom stereocenters. The van der Waals surface area contributed by atoms with Crippen molar-refractivity contribution in [3.63, 3.8) is 0 Å². The van der Waals surface area contributed by atoms with Crippen LogP contribution in [-0.4, -0.2) is 46.8 Å². The van der Waals surface area contributed by atoms with Crippen molar-refractivity contribution in [1.29, 1.82) is 0 Å². The van der Waals surface area contributed by atoms with E-state index in [9.17, 15) is 9.59 Å². The van der Waals surface area contributed by atoms with Crippen LogP contribution in [0.25, 0.3) is 0 Å². The second kappa shape index (κ2) is 9.60. The molecule has 1 aromatic heterocycles. The molecule has 0 aliphatic carbocycles. The Morgan fingerprint density at radius 3 is 2.48 bits per heavy atom. The highest BCUT2D eigenvalue weighted by molar-refractivity contribution is 5.79. The van der Waals surface area contributed by atoms with Gasteiger partial charge in [-0.1, -0.05) is 30.3 Å². The van der Waals surface area contributed by atoms with E-state index in [4.69, 9.17) is 0 Å². The van der Waals surface area contributed by atoms with Gasteiger partial charge in [0.2, 0.25) is 5.91 Å². The number of benzene rings is 2. The van der Waals surface area contributed by atoms with Gasteiger partial charge in [0.05, 0.1) is 6.54 Å². The molecule has 1 fully saturated rings. The number of hydrogen-bond donors (Lipinski definition) is 0. The summed E-state index contributed by atoms with van der Waals surface area (Å²) in [5.74, 6) is 1.12. The van der Waals surface area contributed by atoms with Gasteiger partial charge in [0.25, 0.3) is 0 Å². The number of carbonyl (C=O) groups is 2. The van der Waals surface area contributed by atoms with E-state index in [1.807, 2.05) is 60.6 Å². The van der Waals surface area contributed by atoms with E-state index in [1.165, 1.54) is 5.56 Å². The van der Waals surface area contributed by atoms with E-state index < -0.39 is 0 Å². The number of piperidine rings is 1. The van der Waals surface area contributed by atoms with E-state index >= 15 is 0 Å². The molecule has 0 radical (unpaired) electrons. The Bertz CT molecular complexity index is 1010. The number of aldehydes is 1. The fraction of sp³-hybridized carbons (Fsp3) is 0.320. The lowest BCUT2D eigenvalue weighted by Crippen LogP contribution is -2.41. The lowest BCUT2D eigenvalue weighted by atomic mass is 9.95. The first kappa shape index (κ1) is 20.8. The molecule has 1 aliphatic heterocycles. The zero-order valence-corrected chi connectivity index (χ0v) is 17.9. The van der Waals surface area contributed by atoms with Crippen molar-refractivity contribution >= 4 is 17.9 Å². The van der Waals surface area contributed by atoms with Gasteiger partial charge >= 0.3 is 0 Å². The maximum absolute atomic E-state index is 13.1. The van der Waals surface area contributed by atoms with Crippen molar-refractivity contribution in [3.05, 3.63) is 83.9 Å². The number of aromatic nitrogens is 2. The monoisotopic (exact) mass is 416 g/mol. The van der Waals surface area contributed by atoms with E-state index in [0.29, 0.717) is 12.1 Å². The number of imidazole rings is 1. The van der Waals surface area contributed by atoms with Crippen molar-refractivity contribution in [2.45, 2.75) is 25.9 Å². The quantitative estimate of drug-likeness (QED) is 0.552. The molecule has 2 heterocycles. The van der Waals surface area contributed by atoms with Crippen molar-refractivity contribution in [2.24, 2.45) is 5.92 Å². The molecule has 4 rings (SSSR count). The van der Waals surface area contributed by atoms with Crippen LogP contribution < -0.4 is 4.90 Å². The molecule has 2 aromatic carbocycles. The van der Waals surface area contributed by atoms with Crippen LogP contribution in [0.5, 0.6) is 0 Å². The first-order chi connectivity index (χ1) is 15.1. The molecule has 0 spiro atoms. The highest BCUT2D eigenvalue weighted by Crippen LogP contribution is 2.25. The Labute approximate surface area is 183 Å². The Morgan fingerprint density at radius 2 is 1.81 bits per heavy atom. The van der Waals surface area contributed by atoms with Gasteiger partial charge in [-0.3, -0.25) is 9.59 Å². The number of rotatable bonds is 7. The summed E-state index contributed by atoms with van der Waals surface area (Å²) in [6, 6.07) is 17.9. The molecule has 160 valence electrons. The van der Waals surface area contributed by atoms with Gasteiger partial charge in [0.15, 0.2) is 0 Å². The molecule has 1 saturated heterocycles. The van der Waals surface area contributed by atoms with Crippen LogP contribution in [0.15, 0.2) is 67.0 Å². The number of amides is 1. The summed E-state index contributed by atoms with van der Waals surface area (Å²) in [5, 5.41) is 0. The minimum atomic E-state index is 0.0352. The van der Waals surface area contributed by atoms with Crippen LogP contribution >= 0.6 is 0 Å². The first-order valence-electron chi connectivity index (χ1n) is 10.7. The van der Waals surface area contributed by atoms with Gasteiger partial charge in [-0.15, -0.1) is 0 Å². The Morgan fingerprint density at radius 1 is 1.10 bits per heavy atom. The number of nitrogens with zero attached hydrogens (tertiary/aromatic N) is 4. The molecule has 31 heavy (non-hydrogen) atoms. The zero-order chi connectivity index (χ0) is 21.6. The molecular formula is C25H28N4O2. The summed E-state index contributed by atoms with van der Waals surface area (Å²) in [6.07, 6.45) is 6.28. The molecule has 1 amide bonds. The second-order valence-electron chi connectivity index (χ2n) is 8.12. The Hall–Kier alpha value is -3.41. The third kappa shape index (κ3) is 5.02. The van der Waals surface area contributed by atoms with E-state index in [0.717, 1.165) is 50.3 Å². The molecule has 0 N–H and O–H groups in total. The Balaban J connectivity index is 1.32. The molecule has 0 saturated carbocycles. The van der Waals surface area contributed by atoms with Gasteiger partial charge in [0, 0.05) is 56.2 Å². The van der Waals surface area contributed by atoms with Crippen molar-refractivity contribution in [2.75, 3.05) is 25.0 Å². The van der Waals surface area contributed by atoms with E-state index in [-0.39, 0.29) is 11.8 Å². The topological polar surface area (TPSA) is 58.4 Å². The molecule has 3 aromatic rings. The van der Waals surface area contributed by atoms with Crippen molar-refractivity contribution in [1.82, 2.24) is 14.5 Å². The van der Waals surface area contributed by atoms with Crippen LogP contribution in [0.3, 0.4) is 0 Å². The summed E-state index contributed by atoms with van der Waals surface area (Å²) in [7, 11) is 1.87. The number of hydrogen-bond acceptors (Lipinski definition) is 4. The SMILES string of the molecule is CN(Cc1nccn1Cc1ccccc1)C(=O)C1CCN(c2ccc(C=O)cc2)CC1. The fourth-order valence-electron chi connectivity index (χ4n) is 4.17. The zero-order valence-electron chi connectivity index (χ0n) is 17.9. The van der Waals surface area contributed by atoms with E-state index in [2.05, 4.69) is 26.6 Å². The molecule has 0 unspecified atom stereocenters. The smallest absolute Gasteiger partial charge is 0.225 e. The van der Waals surface area contributed by atoms with Gasteiger partial charge in [-0.2, -0.15) is 0 Å². The maximum Gasteiger partial charge on any atom is 0.225 e. The second-order valence-corrected chi connectivity index (χ2v) is 8.12. The lowest BCUT2D eigenvalue weighted by Gasteiger charge is -2.34. The van der Waals surface area contributed by atoms with Crippen molar-refractivity contribution < 1.29 is 9.59 Å². The highest BCUT2D eigenvalue weighted by Gasteiger charge is 2.27. The van der Waals surface area contributed by atoms with Crippen LogP contribution in [0.4, 0.5) is 5.69 Å². The average Bonchev–Trinajstić information content (AvgIpc) is 3.25. The normalized spacial score (nSPS) is 14.4. The van der Waals surface area contributed by atoms with E-state index in [1.54, 1.807) is 6.20 Å². The largest absolute Gasteiger partial charge is 0.371 e. The predicted octanol–water partition coefficient (Wildman–Crippen LogP) is 3.62. The van der Waals surface area contributed by atoms with Crippen LogP contribution in [0.2, 0.25) is 0 Å². The van der Waals surface area contributed by atoms with Gasteiger partial charge in [-0.05, 0) is 42.7 Å². The summed E-state index contributed by atoms with van der Waals surface area (Å²) in [4.78, 5) is 32.5. The van der Waals surface area contributed by atoms with Gasteiger partial charge < -0.3 is 14.4 Å². The maximum atomic E-state index is 13.1. The molecule has 1 aliphatic rings. The molecule has 0 bridgehead atoms. The first-order valence-corrected chi connectivity index (χ1v) is 10.7. The summed E-state index contributed by atoms with van der Waals surface area (Å²) in [6.45, 7) is 2.94. The molecular weight excluding hydrogens is 388 g/mol. The highest BCUT2D eigenvalue weighted by atomic mass is 16.2. The molecule has 6 heteroatoms. The van der Waals surface area contributed by atoms with Crippen LogP contribution in [0.1, 0.15) is 34.6 Å². The average molecular weight is 417 g/mol. The van der Waals surface area contributed by atoms with Crippen molar-refractivity contribution in [3.8, 4) is 0 Å². The fourth-order valence-corrected chi connectivity index (χ4v) is 4.17. The minimum Gasteiger partial charge on any atom is -0.371 e. The predicted molar refractivity (Wildman–Crippen MR) is 121 cm³/mol. The summed E-state index contributed by atoms with van der Waals surface area (Å²) in [5.41, 5.74) is 3.00. The standard InChI is InChI=1S/C25H28N4O2/c1-27(18-24-26-13-16-29(24)17-20-5-3-2-4-6-20)25(31)22-11-14-28(15-12-22)23-9-7-21(19-30)8-10-23/h2-10,13,16,19,22H,11-12,14-15,17-18H2,1H3. The van der Waals surface area contributed by atoms with Crippen LogP contribution in [-0.2, 0) is 17.9 Å². The third-order valence-electron chi connectivity index (χ3n) is 5.99. The summed E-state index contributed by atoms with van der Waals surface area (Å²) < 4.78 is 2.10. The van der Waals surface area contributed by atoms with Crippen LogP contribution in [0, 0.1) is 5.92 Å². The number of anilines is 1. The third-order valence-corrected chi connectivity index (χ3v) is 5.99.